The highest BCUT2D eigenvalue weighted by atomic mass is 35.5. The number of methoxy groups -OCH3 is 2. The summed E-state index contributed by atoms with van der Waals surface area (Å²) in [5, 5.41) is 4.63. The number of nitrogens with zero attached hydrogens (tertiary/aromatic N) is 2. The van der Waals surface area contributed by atoms with Crippen LogP contribution in [0.25, 0.3) is 0 Å². The van der Waals surface area contributed by atoms with Gasteiger partial charge in [-0.15, -0.1) is 0 Å². The number of carbonyl (C=O) groups excluding carboxylic acids is 2. The largest absolute Gasteiger partial charge is 0.493 e. The Morgan fingerprint density at radius 3 is 2.50 bits per heavy atom. The van der Waals surface area contributed by atoms with Crippen molar-refractivity contribution < 1.29 is 23.9 Å². The Bertz CT molecular complexity index is 989. The van der Waals surface area contributed by atoms with Crippen LogP contribution in [0.2, 0.25) is 5.02 Å². The van der Waals surface area contributed by atoms with E-state index in [1.165, 1.54) is 7.11 Å². The van der Waals surface area contributed by atoms with E-state index >= 15 is 0 Å². The third-order valence-electron chi connectivity index (χ3n) is 4.86. The van der Waals surface area contributed by atoms with Crippen molar-refractivity contribution in [2.75, 3.05) is 19.1 Å². The number of imide groups is 1. The number of ether oxygens (including phenoxy) is 2. The highest BCUT2D eigenvalue weighted by molar-refractivity contribution is 6.31. The molecule has 2 aliphatic rings. The molecule has 0 unspecified atom stereocenters. The van der Waals surface area contributed by atoms with Crippen LogP contribution in [0.4, 0.5) is 5.69 Å². The van der Waals surface area contributed by atoms with Gasteiger partial charge in [-0.25, -0.2) is 4.90 Å². The Labute approximate surface area is 166 Å². The summed E-state index contributed by atoms with van der Waals surface area (Å²) in [7, 11) is 3.07. The van der Waals surface area contributed by atoms with E-state index in [9.17, 15) is 9.59 Å². The van der Waals surface area contributed by atoms with E-state index in [1.807, 2.05) is 0 Å². The lowest BCUT2D eigenvalue weighted by molar-refractivity contribution is -0.136. The summed E-state index contributed by atoms with van der Waals surface area (Å²) >= 11 is 5.90. The van der Waals surface area contributed by atoms with Gasteiger partial charge in [0.15, 0.2) is 11.5 Å². The number of rotatable bonds is 4. The van der Waals surface area contributed by atoms with Crippen molar-refractivity contribution in [3.05, 3.63) is 53.1 Å². The summed E-state index contributed by atoms with van der Waals surface area (Å²) in [6.45, 7) is 0. The first-order chi connectivity index (χ1) is 13.5. The highest BCUT2D eigenvalue weighted by Gasteiger charge is 2.58. The summed E-state index contributed by atoms with van der Waals surface area (Å²) in [4.78, 5) is 32.4. The fraction of sp³-hybridized carbons (Fsp3) is 0.250. The van der Waals surface area contributed by atoms with Gasteiger partial charge in [-0.3, -0.25) is 9.59 Å². The number of oxime groups is 1. The number of para-hydroxylation sites is 1. The minimum absolute atomic E-state index is 0.0895. The first kappa shape index (κ1) is 18.3. The molecule has 0 aliphatic carbocycles. The Morgan fingerprint density at radius 2 is 1.82 bits per heavy atom. The Balaban J connectivity index is 1.64. The van der Waals surface area contributed by atoms with Gasteiger partial charge in [0, 0.05) is 17.0 Å². The monoisotopic (exact) mass is 400 g/mol. The fourth-order valence-corrected chi connectivity index (χ4v) is 3.64. The topological polar surface area (TPSA) is 77.4 Å². The van der Waals surface area contributed by atoms with E-state index in [2.05, 4.69) is 5.16 Å². The summed E-state index contributed by atoms with van der Waals surface area (Å²) in [6, 6.07) is 11.9. The molecule has 7 nitrogen and oxygen atoms in total. The van der Waals surface area contributed by atoms with E-state index in [0.717, 1.165) is 4.90 Å². The van der Waals surface area contributed by atoms with Crippen molar-refractivity contribution in [2.24, 2.45) is 5.16 Å². The summed E-state index contributed by atoms with van der Waals surface area (Å²) in [5.74, 6) is 0.248. The lowest BCUT2D eigenvalue weighted by Crippen LogP contribution is -2.40. The number of amides is 2. The van der Waals surface area contributed by atoms with E-state index in [-0.39, 0.29) is 18.7 Å². The Morgan fingerprint density at radius 1 is 1.07 bits per heavy atom. The van der Waals surface area contributed by atoms with Gasteiger partial charge >= 0.3 is 0 Å². The molecule has 2 aliphatic heterocycles. The highest BCUT2D eigenvalue weighted by Crippen LogP contribution is 2.41. The van der Waals surface area contributed by atoms with Gasteiger partial charge in [0.25, 0.3) is 5.91 Å². The van der Waals surface area contributed by atoms with Gasteiger partial charge in [0.1, 0.15) is 0 Å². The van der Waals surface area contributed by atoms with Crippen molar-refractivity contribution in [2.45, 2.75) is 18.4 Å². The third kappa shape index (κ3) is 2.79. The minimum Gasteiger partial charge on any atom is -0.493 e. The molecule has 0 N–H and O–H groups in total. The van der Waals surface area contributed by atoms with Crippen molar-refractivity contribution in [1.82, 2.24) is 0 Å². The predicted molar refractivity (Wildman–Crippen MR) is 103 cm³/mol. The normalized spacial score (nSPS) is 21.1. The van der Waals surface area contributed by atoms with Gasteiger partial charge < -0.3 is 14.3 Å². The molecule has 8 heteroatoms. The summed E-state index contributed by atoms with van der Waals surface area (Å²) in [6.07, 6.45) is 0.0684. The van der Waals surface area contributed by atoms with Crippen LogP contribution in [-0.2, 0) is 14.4 Å². The van der Waals surface area contributed by atoms with Gasteiger partial charge in [0.2, 0.25) is 11.5 Å². The molecular weight excluding hydrogens is 384 g/mol. The Hall–Kier alpha value is -3.06. The van der Waals surface area contributed by atoms with Gasteiger partial charge in [-0.2, -0.15) is 0 Å². The first-order valence-corrected chi connectivity index (χ1v) is 8.96. The molecule has 2 aromatic carbocycles. The zero-order valence-electron chi connectivity index (χ0n) is 15.3. The van der Waals surface area contributed by atoms with Crippen LogP contribution in [-0.4, -0.2) is 37.3 Å². The Kier molecular flexibility index (Phi) is 4.47. The number of halogens is 1. The second kappa shape index (κ2) is 6.83. The molecule has 1 saturated heterocycles. The maximum Gasteiger partial charge on any atom is 0.281 e. The SMILES string of the molecule is COc1cccc(C2=NO[C@]3(CC(=O)N(c4ccc(Cl)cc4)C3=O)C2)c1OC. The molecule has 1 fully saturated rings. The maximum absolute atomic E-state index is 13.1. The van der Waals surface area contributed by atoms with Gasteiger partial charge in [-0.1, -0.05) is 22.8 Å². The van der Waals surface area contributed by atoms with Crippen LogP contribution >= 0.6 is 11.6 Å². The molecule has 1 spiro atoms. The van der Waals surface area contributed by atoms with Gasteiger partial charge in [0.05, 0.1) is 32.0 Å². The number of anilines is 1. The number of hydrogen-bond donors (Lipinski definition) is 0. The number of hydrogen-bond acceptors (Lipinski definition) is 6. The molecule has 0 bridgehead atoms. The van der Waals surface area contributed by atoms with Crippen molar-refractivity contribution in [3.8, 4) is 11.5 Å². The van der Waals surface area contributed by atoms with Crippen LogP contribution in [0.1, 0.15) is 18.4 Å². The van der Waals surface area contributed by atoms with Crippen molar-refractivity contribution >= 4 is 34.8 Å². The molecule has 0 aromatic heterocycles. The molecule has 0 saturated carbocycles. The molecular formula is C20H17ClN2O5. The first-order valence-electron chi connectivity index (χ1n) is 8.58. The number of carbonyl (C=O) groups is 2. The summed E-state index contributed by atoms with van der Waals surface area (Å²) in [5.41, 5.74) is 0.284. The molecule has 0 radical (unpaired) electrons. The van der Waals surface area contributed by atoms with Crippen molar-refractivity contribution in [3.63, 3.8) is 0 Å². The molecule has 2 amide bonds. The van der Waals surface area contributed by atoms with Crippen LogP contribution in [0.5, 0.6) is 11.5 Å². The molecule has 1 atom stereocenters. The van der Waals surface area contributed by atoms with Crippen LogP contribution in [0, 0.1) is 0 Å². The molecule has 144 valence electrons. The zero-order chi connectivity index (χ0) is 19.9. The molecule has 28 heavy (non-hydrogen) atoms. The fourth-order valence-electron chi connectivity index (χ4n) is 3.51. The molecule has 4 rings (SSSR count). The van der Waals surface area contributed by atoms with Gasteiger partial charge in [-0.05, 0) is 36.4 Å². The van der Waals surface area contributed by atoms with E-state index < -0.39 is 11.5 Å². The van der Waals surface area contributed by atoms with Crippen LogP contribution in [0.15, 0.2) is 47.6 Å². The predicted octanol–water partition coefficient (Wildman–Crippen LogP) is 3.18. The average molecular weight is 401 g/mol. The summed E-state index contributed by atoms with van der Waals surface area (Å²) < 4.78 is 10.8. The third-order valence-corrected chi connectivity index (χ3v) is 5.11. The minimum atomic E-state index is -1.35. The van der Waals surface area contributed by atoms with E-state index in [4.69, 9.17) is 25.9 Å². The second-order valence-corrected chi connectivity index (χ2v) is 6.97. The second-order valence-electron chi connectivity index (χ2n) is 6.53. The molecule has 2 heterocycles. The van der Waals surface area contributed by atoms with Crippen LogP contribution < -0.4 is 14.4 Å². The standard InChI is InChI=1S/C20H17ClN2O5/c1-26-16-5-3-4-14(18(16)27-2)15-10-20(28-22-15)11-17(24)23(19(20)25)13-8-6-12(21)7-9-13/h3-9H,10-11H2,1-2H3/t20-/m0/s1. The maximum atomic E-state index is 13.1. The van der Waals surface area contributed by atoms with E-state index in [1.54, 1.807) is 49.6 Å². The quantitative estimate of drug-likeness (QED) is 0.736. The smallest absolute Gasteiger partial charge is 0.281 e. The lowest BCUT2D eigenvalue weighted by Gasteiger charge is -2.19. The average Bonchev–Trinajstić information content (AvgIpc) is 3.23. The van der Waals surface area contributed by atoms with Crippen molar-refractivity contribution in [1.29, 1.82) is 0 Å². The lowest BCUT2D eigenvalue weighted by atomic mass is 9.92. The number of benzene rings is 2. The molecule has 2 aromatic rings. The van der Waals surface area contributed by atoms with E-state index in [0.29, 0.717) is 33.5 Å². The zero-order valence-corrected chi connectivity index (χ0v) is 16.0. The van der Waals surface area contributed by atoms with Crippen LogP contribution in [0.3, 0.4) is 0 Å².